The molecule has 4 rings (SSSR count). The minimum Gasteiger partial charge on any atom is -0.495 e. The lowest BCUT2D eigenvalue weighted by Crippen LogP contribution is -2.49. The van der Waals surface area contributed by atoms with E-state index in [9.17, 15) is 4.79 Å². The van der Waals surface area contributed by atoms with Gasteiger partial charge in [-0.05, 0) is 30.7 Å². The van der Waals surface area contributed by atoms with Gasteiger partial charge in [0, 0.05) is 11.3 Å². The number of para-hydroxylation sites is 1. The number of rotatable bonds is 2. The van der Waals surface area contributed by atoms with Crippen molar-refractivity contribution in [2.75, 3.05) is 17.7 Å². The number of nitrogens with two attached hydrogens (primary N) is 1. The minimum atomic E-state index is -1.44. The average Bonchev–Trinajstić information content (AvgIpc) is 2.86. The van der Waals surface area contributed by atoms with Crippen molar-refractivity contribution < 1.29 is 9.53 Å². The summed E-state index contributed by atoms with van der Waals surface area (Å²) in [6, 6.07) is 13.0. The van der Waals surface area contributed by atoms with Gasteiger partial charge in [-0.15, -0.1) is 0 Å². The molecule has 0 aromatic heterocycles. The summed E-state index contributed by atoms with van der Waals surface area (Å²) in [5.74, 6) is 0.708. The molecule has 1 amide bonds. The van der Waals surface area contributed by atoms with Crippen LogP contribution in [-0.4, -0.2) is 24.9 Å². The van der Waals surface area contributed by atoms with Crippen LogP contribution in [0.5, 0.6) is 5.75 Å². The predicted octanol–water partition coefficient (Wildman–Crippen LogP) is 1.49. The van der Waals surface area contributed by atoms with Gasteiger partial charge in [0.25, 0.3) is 11.6 Å². The van der Waals surface area contributed by atoms with E-state index in [4.69, 9.17) is 10.5 Å². The third kappa shape index (κ3) is 2.43. The Morgan fingerprint density at radius 3 is 2.77 bits per heavy atom. The van der Waals surface area contributed by atoms with E-state index in [-0.39, 0.29) is 11.9 Å². The van der Waals surface area contributed by atoms with E-state index in [2.05, 4.69) is 25.9 Å². The summed E-state index contributed by atoms with van der Waals surface area (Å²) in [6.07, 6.45) is 0. The fourth-order valence-corrected chi connectivity index (χ4v) is 3.09. The molecule has 2 aliphatic heterocycles. The lowest BCUT2D eigenvalue weighted by atomic mass is 10.0. The van der Waals surface area contributed by atoms with Crippen molar-refractivity contribution in [1.82, 2.24) is 5.32 Å². The summed E-state index contributed by atoms with van der Waals surface area (Å²) < 4.78 is 5.38. The third-order valence-electron chi connectivity index (χ3n) is 4.28. The van der Waals surface area contributed by atoms with Crippen LogP contribution in [-0.2, 0) is 10.5 Å². The van der Waals surface area contributed by atoms with Crippen LogP contribution in [0.3, 0.4) is 0 Å². The second kappa shape index (κ2) is 5.76. The van der Waals surface area contributed by atoms with Crippen molar-refractivity contribution in [1.29, 1.82) is 0 Å². The number of hydrogen-bond acceptors (Lipinski definition) is 7. The first-order valence-electron chi connectivity index (χ1n) is 8.06. The number of carbonyl (C=O) groups excluding carboxylic acids is 1. The average molecular weight is 350 g/mol. The summed E-state index contributed by atoms with van der Waals surface area (Å²) in [6.45, 7) is 1.97. The Morgan fingerprint density at radius 2 is 1.96 bits per heavy atom. The number of aryl methyl sites for hydroxylation is 1. The highest BCUT2D eigenvalue weighted by molar-refractivity contribution is 6.13. The number of amides is 1. The zero-order chi connectivity index (χ0) is 18.3. The Morgan fingerprint density at radius 1 is 1.15 bits per heavy atom. The Kier molecular flexibility index (Phi) is 3.54. The van der Waals surface area contributed by atoms with Crippen LogP contribution in [0.15, 0.2) is 52.4 Å². The highest BCUT2D eigenvalue weighted by atomic mass is 16.5. The SMILES string of the molecule is COc1ccc(C)cc1NC1=NC2(N=C(N)N1)C(=O)Nc1ccccc12. The first-order chi connectivity index (χ1) is 12.5. The van der Waals surface area contributed by atoms with Gasteiger partial charge in [0.15, 0.2) is 5.96 Å². The van der Waals surface area contributed by atoms with Crippen LogP contribution in [0.4, 0.5) is 11.4 Å². The summed E-state index contributed by atoms with van der Waals surface area (Å²) >= 11 is 0. The number of hydrogen-bond donors (Lipinski definition) is 4. The maximum atomic E-state index is 12.7. The highest BCUT2D eigenvalue weighted by Crippen LogP contribution is 2.41. The van der Waals surface area contributed by atoms with Crippen molar-refractivity contribution in [3.05, 3.63) is 53.6 Å². The lowest BCUT2D eigenvalue weighted by molar-refractivity contribution is -0.120. The van der Waals surface area contributed by atoms with Crippen molar-refractivity contribution in [3.63, 3.8) is 0 Å². The van der Waals surface area contributed by atoms with Gasteiger partial charge in [0.1, 0.15) is 5.75 Å². The number of nitrogens with zero attached hydrogens (tertiary/aromatic N) is 2. The zero-order valence-electron chi connectivity index (χ0n) is 14.3. The molecule has 0 saturated carbocycles. The summed E-state index contributed by atoms with van der Waals surface area (Å²) in [7, 11) is 1.59. The normalized spacial score (nSPS) is 20.6. The second-order valence-electron chi connectivity index (χ2n) is 6.08. The fraction of sp³-hybridized carbons (Fsp3) is 0.167. The fourth-order valence-electron chi connectivity index (χ4n) is 3.09. The summed E-state index contributed by atoms with van der Waals surface area (Å²) in [5.41, 5.74) is 7.60. The van der Waals surface area contributed by atoms with Crippen molar-refractivity contribution in [2.24, 2.45) is 15.7 Å². The molecule has 0 fully saturated rings. The Labute approximate surface area is 150 Å². The quantitative estimate of drug-likeness (QED) is 0.655. The molecule has 8 nitrogen and oxygen atoms in total. The number of anilines is 2. The molecule has 1 unspecified atom stereocenters. The maximum absolute atomic E-state index is 12.7. The van der Waals surface area contributed by atoms with E-state index in [1.807, 2.05) is 49.4 Å². The molecule has 2 heterocycles. The molecule has 2 aromatic rings. The first-order valence-corrected chi connectivity index (χ1v) is 8.06. The van der Waals surface area contributed by atoms with Crippen LogP contribution in [0.25, 0.3) is 0 Å². The largest absolute Gasteiger partial charge is 0.495 e. The van der Waals surface area contributed by atoms with Gasteiger partial charge in [-0.1, -0.05) is 24.3 Å². The number of aliphatic imine (C=N–C) groups is 2. The lowest BCUT2D eigenvalue weighted by Gasteiger charge is -2.26. The van der Waals surface area contributed by atoms with E-state index in [0.29, 0.717) is 28.6 Å². The van der Waals surface area contributed by atoms with Crippen LogP contribution < -0.4 is 26.4 Å². The van der Waals surface area contributed by atoms with Crippen molar-refractivity contribution in [2.45, 2.75) is 12.6 Å². The molecule has 0 bridgehead atoms. The summed E-state index contributed by atoms with van der Waals surface area (Å²) in [4.78, 5) is 21.5. The molecule has 0 radical (unpaired) electrons. The summed E-state index contributed by atoms with van der Waals surface area (Å²) in [5, 5.41) is 8.82. The molecule has 1 spiro atoms. The third-order valence-corrected chi connectivity index (χ3v) is 4.28. The first kappa shape index (κ1) is 15.9. The van der Waals surface area contributed by atoms with Gasteiger partial charge in [-0.2, -0.15) is 0 Å². The topological polar surface area (TPSA) is 113 Å². The van der Waals surface area contributed by atoms with E-state index in [1.165, 1.54) is 0 Å². The molecular formula is C18H18N6O2. The minimum absolute atomic E-state index is 0.0981. The highest BCUT2D eigenvalue weighted by Gasteiger charge is 2.49. The predicted molar refractivity (Wildman–Crippen MR) is 100 cm³/mol. The van der Waals surface area contributed by atoms with Gasteiger partial charge < -0.3 is 21.1 Å². The van der Waals surface area contributed by atoms with Crippen LogP contribution in [0, 0.1) is 6.92 Å². The number of guanidine groups is 2. The zero-order valence-corrected chi connectivity index (χ0v) is 14.3. The molecule has 0 aliphatic carbocycles. The second-order valence-corrected chi connectivity index (χ2v) is 6.08. The molecule has 8 heteroatoms. The Hall–Kier alpha value is -3.55. The molecule has 2 aliphatic rings. The molecule has 2 aromatic carbocycles. The van der Waals surface area contributed by atoms with Gasteiger partial charge in [-0.3, -0.25) is 10.1 Å². The number of fused-ring (bicyclic) bond motifs is 2. The monoisotopic (exact) mass is 350 g/mol. The number of methoxy groups -OCH3 is 1. The van der Waals surface area contributed by atoms with Crippen LogP contribution in [0.2, 0.25) is 0 Å². The molecule has 1 atom stereocenters. The smallest absolute Gasteiger partial charge is 0.280 e. The maximum Gasteiger partial charge on any atom is 0.280 e. The number of carbonyl (C=O) groups is 1. The van der Waals surface area contributed by atoms with E-state index in [0.717, 1.165) is 5.56 Å². The van der Waals surface area contributed by atoms with Crippen molar-refractivity contribution >= 4 is 29.2 Å². The molecule has 0 saturated heterocycles. The molecule has 132 valence electrons. The standard InChI is InChI=1S/C18H18N6O2/c1-10-7-8-14(26-2)13(9-10)21-17-22-16(19)23-18(24-17)11-5-3-4-6-12(11)20-15(18)25/h3-9H,1-2H3,(H,20,25)(H4,19,21,22,23,24). The van der Waals surface area contributed by atoms with E-state index in [1.54, 1.807) is 7.11 Å². The number of nitrogens with one attached hydrogen (secondary N) is 3. The Balaban J connectivity index is 1.78. The molecular weight excluding hydrogens is 332 g/mol. The van der Waals surface area contributed by atoms with Gasteiger partial charge in [-0.25, -0.2) is 9.98 Å². The van der Waals surface area contributed by atoms with E-state index >= 15 is 0 Å². The van der Waals surface area contributed by atoms with Crippen molar-refractivity contribution in [3.8, 4) is 5.75 Å². The van der Waals surface area contributed by atoms with E-state index < -0.39 is 5.66 Å². The Bertz CT molecular complexity index is 968. The van der Waals surface area contributed by atoms with Crippen LogP contribution in [0.1, 0.15) is 11.1 Å². The van der Waals surface area contributed by atoms with Gasteiger partial charge in [0.2, 0.25) is 5.96 Å². The molecule has 5 N–H and O–H groups in total. The number of ether oxygens (including phenoxy) is 1. The van der Waals surface area contributed by atoms with Gasteiger partial charge in [0.05, 0.1) is 12.8 Å². The van der Waals surface area contributed by atoms with Gasteiger partial charge >= 0.3 is 0 Å². The van der Waals surface area contributed by atoms with Crippen LogP contribution >= 0.6 is 0 Å². The molecule has 26 heavy (non-hydrogen) atoms. The number of benzene rings is 2.